The van der Waals surface area contributed by atoms with Crippen LogP contribution >= 0.6 is 39.0 Å². The lowest BCUT2D eigenvalue weighted by Crippen LogP contribution is -2.37. The zero-order valence-corrected chi connectivity index (χ0v) is 14.3. The summed E-state index contributed by atoms with van der Waals surface area (Å²) < 4.78 is 1.61. The van der Waals surface area contributed by atoms with Gasteiger partial charge in [0, 0.05) is 26.7 Å². The summed E-state index contributed by atoms with van der Waals surface area (Å²) in [6.07, 6.45) is 4.66. The van der Waals surface area contributed by atoms with Crippen LogP contribution in [0.5, 0.6) is 0 Å². The first kappa shape index (κ1) is 15.5. The minimum Gasteiger partial charge on any atom is -0.308 e. The van der Waals surface area contributed by atoms with Crippen LogP contribution in [0.2, 0.25) is 0 Å². The second-order valence-electron chi connectivity index (χ2n) is 4.33. The molecule has 0 aliphatic rings. The van der Waals surface area contributed by atoms with Crippen LogP contribution in [0.3, 0.4) is 0 Å². The van der Waals surface area contributed by atoms with Gasteiger partial charge in [0.15, 0.2) is 0 Å². The summed E-state index contributed by atoms with van der Waals surface area (Å²) in [5.74, 6) is 0. The van der Waals surface area contributed by atoms with Crippen molar-refractivity contribution in [3.63, 3.8) is 0 Å². The van der Waals surface area contributed by atoms with E-state index < -0.39 is 0 Å². The molecule has 0 saturated carbocycles. The summed E-state index contributed by atoms with van der Waals surface area (Å²) in [6.45, 7) is 7.89. The van der Waals surface area contributed by atoms with E-state index in [-0.39, 0.29) is 0 Å². The number of halogens is 1. The predicted octanol–water partition coefficient (Wildman–Crippen LogP) is 5.08. The Hall–Kier alpha value is 0.490. The normalized spacial score (nSPS) is 13.9. The lowest BCUT2D eigenvalue weighted by Gasteiger charge is -2.31. The van der Waals surface area contributed by atoms with Crippen LogP contribution in [-0.2, 0) is 0 Å². The summed E-state index contributed by atoms with van der Waals surface area (Å²) in [5, 5.41) is 5.82. The average molecular weight is 336 g/mol. The molecule has 1 atom stereocenters. The van der Waals surface area contributed by atoms with Crippen LogP contribution in [0.1, 0.15) is 44.5 Å². The fourth-order valence-corrected chi connectivity index (χ4v) is 4.46. The smallest absolute Gasteiger partial charge is 0.0397 e. The van der Waals surface area contributed by atoms with Gasteiger partial charge in [-0.1, -0.05) is 13.8 Å². The van der Waals surface area contributed by atoms with Gasteiger partial charge in [0.1, 0.15) is 0 Å². The van der Waals surface area contributed by atoms with Crippen LogP contribution in [0.25, 0.3) is 0 Å². The Bertz CT molecular complexity index is 326. The Kier molecular flexibility index (Phi) is 6.56. The zero-order chi connectivity index (χ0) is 12.9. The number of thiophene rings is 1. The van der Waals surface area contributed by atoms with Crippen LogP contribution in [-0.4, -0.2) is 17.5 Å². The summed E-state index contributed by atoms with van der Waals surface area (Å²) in [7, 11) is 0. The standard InChI is InChI=1S/C13H22BrNS2/c1-5-13(6-2,16-4)9-15-10(3)12-11(14)7-8-17-12/h7-8,10,15H,5-6,9H2,1-4H3. The molecule has 4 heteroatoms. The maximum atomic E-state index is 3.68. The third kappa shape index (κ3) is 3.98. The molecule has 0 aliphatic heterocycles. The van der Waals surface area contributed by atoms with Crippen molar-refractivity contribution in [2.45, 2.75) is 44.4 Å². The van der Waals surface area contributed by atoms with E-state index in [0.29, 0.717) is 10.8 Å². The Morgan fingerprint density at radius 3 is 2.53 bits per heavy atom. The molecule has 0 amide bonds. The fraction of sp³-hybridized carbons (Fsp3) is 0.692. The zero-order valence-electron chi connectivity index (χ0n) is 11.0. The first-order chi connectivity index (χ1) is 8.08. The lowest BCUT2D eigenvalue weighted by atomic mass is 10.0. The summed E-state index contributed by atoms with van der Waals surface area (Å²) in [4.78, 5) is 1.40. The SMILES string of the molecule is CCC(CC)(CNC(C)c1sccc1Br)SC. The van der Waals surface area contributed by atoms with Gasteiger partial charge in [-0.3, -0.25) is 0 Å². The average Bonchev–Trinajstić information content (AvgIpc) is 2.78. The van der Waals surface area contributed by atoms with Gasteiger partial charge in [-0.15, -0.1) is 11.3 Å². The van der Waals surface area contributed by atoms with Crippen LogP contribution in [0, 0.1) is 0 Å². The molecular weight excluding hydrogens is 314 g/mol. The molecule has 0 radical (unpaired) electrons. The van der Waals surface area contributed by atoms with Crippen molar-refractivity contribution in [3.8, 4) is 0 Å². The number of nitrogens with one attached hydrogen (secondary N) is 1. The monoisotopic (exact) mass is 335 g/mol. The van der Waals surface area contributed by atoms with Crippen LogP contribution < -0.4 is 5.32 Å². The maximum Gasteiger partial charge on any atom is 0.0397 e. The molecular formula is C13H22BrNS2. The first-order valence-corrected chi connectivity index (χ1v) is 8.99. The molecule has 1 aromatic rings. The van der Waals surface area contributed by atoms with Crippen LogP contribution in [0.15, 0.2) is 15.9 Å². The molecule has 1 aromatic heterocycles. The third-order valence-electron chi connectivity index (χ3n) is 3.49. The third-order valence-corrected chi connectivity index (χ3v) is 7.13. The minimum atomic E-state index is 0.387. The molecule has 0 bridgehead atoms. The van der Waals surface area contributed by atoms with Gasteiger partial charge < -0.3 is 5.32 Å². The number of thioether (sulfide) groups is 1. The van der Waals surface area contributed by atoms with Crippen LogP contribution in [0.4, 0.5) is 0 Å². The first-order valence-electron chi connectivity index (χ1n) is 6.10. The van der Waals surface area contributed by atoms with Gasteiger partial charge in [-0.05, 0) is 53.4 Å². The van der Waals surface area contributed by atoms with Crippen molar-refractivity contribution < 1.29 is 0 Å². The minimum absolute atomic E-state index is 0.387. The number of hydrogen-bond acceptors (Lipinski definition) is 3. The predicted molar refractivity (Wildman–Crippen MR) is 85.3 cm³/mol. The molecule has 1 heterocycles. The van der Waals surface area contributed by atoms with Gasteiger partial charge in [0.2, 0.25) is 0 Å². The second kappa shape index (κ2) is 7.17. The molecule has 0 aliphatic carbocycles. The van der Waals surface area contributed by atoms with E-state index in [4.69, 9.17) is 0 Å². The highest BCUT2D eigenvalue weighted by Crippen LogP contribution is 2.32. The number of hydrogen-bond donors (Lipinski definition) is 1. The molecule has 17 heavy (non-hydrogen) atoms. The molecule has 1 nitrogen and oxygen atoms in total. The Morgan fingerprint density at radius 2 is 2.12 bits per heavy atom. The van der Waals surface area contributed by atoms with Crippen molar-refractivity contribution in [1.29, 1.82) is 0 Å². The highest BCUT2D eigenvalue weighted by molar-refractivity contribution is 9.10. The maximum absolute atomic E-state index is 3.68. The van der Waals surface area contributed by atoms with E-state index in [1.165, 1.54) is 22.2 Å². The summed E-state index contributed by atoms with van der Waals surface area (Å²) >= 11 is 7.41. The molecule has 1 unspecified atom stereocenters. The van der Waals surface area contributed by atoms with Gasteiger partial charge in [-0.25, -0.2) is 0 Å². The highest BCUT2D eigenvalue weighted by Gasteiger charge is 2.25. The van der Waals surface area contributed by atoms with E-state index >= 15 is 0 Å². The largest absolute Gasteiger partial charge is 0.308 e. The topological polar surface area (TPSA) is 12.0 Å². The van der Waals surface area contributed by atoms with E-state index in [2.05, 4.69) is 59.7 Å². The van der Waals surface area contributed by atoms with Gasteiger partial charge in [0.25, 0.3) is 0 Å². The second-order valence-corrected chi connectivity index (χ2v) is 7.41. The quantitative estimate of drug-likeness (QED) is 0.745. The van der Waals surface area contributed by atoms with E-state index in [1.54, 1.807) is 0 Å². The molecule has 1 N–H and O–H groups in total. The summed E-state index contributed by atoms with van der Waals surface area (Å²) in [5.41, 5.74) is 0. The molecule has 0 saturated heterocycles. The van der Waals surface area contributed by atoms with Crippen molar-refractivity contribution in [3.05, 3.63) is 20.8 Å². The van der Waals surface area contributed by atoms with E-state index in [9.17, 15) is 0 Å². The van der Waals surface area contributed by atoms with Gasteiger partial charge in [0.05, 0.1) is 0 Å². The molecule has 0 fully saturated rings. The molecule has 1 rings (SSSR count). The Balaban J connectivity index is 2.58. The Morgan fingerprint density at radius 1 is 1.47 bits per heavy atom. The van der Waals surface area contributed by atoms with Crippen molar-refractivity contribution in [2.75, 3.05) is 12.8 Å². The van der Waals surface area contributed by atoms with E-state index in [1.807, 2.05) is 23.1 Å². The van der Waals surface area contributed by atoms with Gasteiger partial charge in [-0.2, -0.15) is 11.8 Å². The lowest BCUT2D eigenvalue weighted by molar-refractivity contribution is 0.462. The van der Waals surface area contributed by atoms with Gasteiger partial charge >= 0.3 is 0 Å². The molecule has 98 valence electrons. The van der Waals surface area contributed by atoms with E-state index in [0.717, 1.165) is 6.54 Å². The molecule has 0 spiro atoms. The van der Waals surface area contributed by atoms with Crippen molar-refractivity contribution >= 4 is 39.0 Å². The molecule has 0 aromatic carbocycles. The summed E-state index contributed by atoms with van der Waals surface area (Å²) in [6, 6.07) is 2.55. The van der Waals surface area contributed by atoms with Crippen molar-refractivity contribution in [1.82, 2.24) is 5.32 Å². The highest BCUT2D eigenvalue weighted by atomic mass is 79.9. The number of rotatable bonds is 7. The Labute approximate surface area is 122 Å². The fourth-order valence-electron chi connectivity index (χ4n) is 1.91. The van der Waals surface area contributed by atoms with Crippen molar-refractivity contribution in [2.24, 2.45) is 0 Å².